The van der Waals surface area contributed by atoms with Gasteiger partial charge in [-0.15, -0.1) is 0 Å². The zero-order valence-corrected chi connectivity index (χ0v) is 7.53. The minimum absolute atomic E-state index is 0.0106. The van der Waals surface area contributed by atoms with Crippen molar-refractivity contribution in [2.24, 2.45) is 0 Å². The van der Waals surface area contributed by atoms with Crippen LogP contribution in [0, 0.1) is 0 Å². The zero-order valence-electron chi connectivity index (χ0n) is 7.53. The maximum Gasteiger partial charge on any atom is 0.264 e. The molecule has 0 heterocycles. The number of alkyl halides is 2. The van der Waals surface area contributed by atoms with Crippen molar-refractivity contribution in [3.05, 3.63) is 0 Å². The van der Waals surface area contributed by atoms with Crippen LogP contribution in [-0.2, 0) is 0 Å². The molecule has 0 bridgehead atoms. The quantitative estimate of drug-likeness (QED) is 0.658. The van der Waals surface area contributed by atoms with Crippen molar-refractivity contribution in [2.75, 3.05) is 14.1 Å². The Morgan fingerprint density at radius 1 is 1.25 bits per heavy atom. The maximum absolute atomic E-state index is 13.2. The minimum atomic E-state index is -2.55. The van der Waals surface area contributed by atoms with Gasteiger partial charge in [-0.3, -0.25) is 0 Å². The van der Waals surface area contributed by atoms with E-state index in [2.05, 4.69) is 10.6 Å². The van der Waals surface area contributed by atoms with E-state index < -0.39 is 12.0 Å². The third kappa shape index (κ3) is 1.75. The summed E-state index contributed by atoms with van der Waals surface area (Å²) in [5, 5.41) is 5.60. The first-order valence-electron chi connectivity index (χ1n) is 4.34. The standard InChI is InChI=1S/C8H16F2N2/c1-11-6-4-3-5-8(9,10)7(6)12-2/h6-7,11-12H,3-5H2,1-2H3. The van der Waals surface area contributed by atoms with Gasteiger partial charge in [0.1, 0.15) is 0 Å². The lowest BCUT2D eigenvalue weighted by molar-refractivity contribution is -0.0719. The highest BCUT2D eigenvalue weighted by molar-refractivity contribution is 4.95. The van der Waals surface area contributed by atoms with E-state index in [-0.39, 0.29) is 12.5 Å². The molecule has 0 radical (unpaired) electrons. The molecule has 0 aromatic carbocycles. The van der Waals surface area contributed by atoms with Crippen LogP contribution in [0.2, 0.25) is 0 Å². The Kier molecular flexibility index (Phi) is 3.01. The lowest BCUT2D eigenvalue weighted by Gasteiger charge is -2.37. The fourth-order valence-corrected chi connectivity index (χ4v) is 1.90. The summed E-state index contributed by atoms with van der Waals surface area (Å²) in [6.45, 7) is 0. The van der Waals surface area contributed by atoms with E-state index >= 15 is 0 Å². The Labute approximate surface area is 71.7 Å². The average Bonchev–Trinajstić information content (AvgIpc) is 2.02. The smallest absolute Gasteiger partial charge is 0.264 e. The molecule has 0 aromatic heterocycles. The highest BCUT2D eigenvalue weighted by atomic mass is 19.3. The van der Waals surface area contributed by atoms with Gasteiger partial charge in [0.05, 0.1) is 6.04 Å². The summed E-state index contributed by atoms with van der Waals surface area (Å²) in [6, 6.07) is -0.810. The maximum atomic E-state index is 13.2. The highest BCUT2D eigenvalue weighted by Crippen LogP contribution is 2.33. The average molecular weight is 178 g/mol. The predicted molar refractivity (Wildman–Crippen MR) is 44.5 cm³/mol. The molecule has 0 aliphatic heterocycles. The van der Waals surface area contributed by atoms with Crippen LogP contribution in [0.1, 0.15) is 19.3 Å². The molecule has 1 aliphatic rings. The van der Waals surface area contributed by atoms with Gasteiger partial charge in [0, 0.05) is 12.5 Å². The molecule has 1 rings (SSSR count). The topological polar surface area (TPSA) is 24.1 Å². The van der Waals surface area contributed by atoms with E-state index in [0.717, 1.165) is 6.42 Å². The summed E-state index contributed by atoms with van der Waals surface area (Å²) in [5.41, 5.74) is 0. The van der Waals surface area contributed by atoms with Crippen LogP contribution in [0.25, 0.3) is 0 Å². The molecule has 2 N–H and O–H groups in total. The molecule has 0 saturated heterocycles. The molecule has 1 aliphatic carbocycles. The Morgan fingerprint density at radius 3 is 2.33 bits per heavy atom. The van der Waals surface area contributed by atoms with Crippen LogP contribution in [0.3, 0.4) is 0 Å². The lowest BCUT2D eigenvalue weighted by Crippen LogP contribution is -2.58. The normalized spacial score (nSPS) is 35.0. The van der Waals surface area contributed by atoms with Gasteiger partial charge in [-0.1, -0.05) is 0 Å². The Hall–Kier alpha value is -0.220. The number of hydrogen-bond acceptors (Lipinski definition) is 2. The van der Waals surface area contributed by atoms with Gasteiger partial charge in [-0.05, 0) is 26.9 Å². The van der Waals surface area contributed by atoms with E-state index in [1.54, 1.807) is 14.1 Å². The van der Waals surface area contributed by atoms with Crippen molar-refractivity contribution in [1.29, 1.82) is 0 Å². The molecule has 2 nitrogen and oxygen atoms in total. The Balaban J connectivity index is 2.66. The summed E-state index contributed by atoms with van der Waals surface area (Å²) in [4.78, 5) is 0. The second kappa shape index (κ2) is 3.66. The summed E-state index contributed by atoms with van der Waals surface area (Å²) in [7, 11) is 3.32. The fraction of sp³-hybridized carbons (Fsp3) is 1.00. The van der Waals surface area contributed by atoms with E-state index in [1.807, 2.05) is 0 Å². The number of rotatable bonds is 2. The first-order chi connectivity index (χ1) is 5.61. The number of likely N-dealkylation sites (N-methyl/N-ethyl adjacent to an activating group) is 2. The van der Waals surface area contributed by atoms with Gasteiger partial charge < -0.3 is 10.6 Å². The molecule has 1 fully saturated rings. The van der Waals surface area contributed by atoms with Crippen molar-refractivity contribution < 1.29 is 8.78 Å². The van der Waals surface area contributed by atoms with E-state index in [9.17, 15) is 8.78 Å². The molecule has 4 heteroatoms. The molecular weight excluding hydrogens is 162 g/mol. The summed E-state index contributed by atoms with van der Waals surface area (Å²) < 4.78 is 26.4. The van der Waals surface area contributed by atoms with Crippen molar-refractivity contribution >= 4 is 0 Å². The molecule has 0 spiro atoms. The molecule has 2 unspecified atom stereocenters. The fourth-order valence-electron chi connectivity index (χ4n) is 1.90. The predicted octanol–water partition coefficient (Wildman–Crippen LogP) is 0.982. The molecule has 0 aromatic rings. The van der Waals surface area contributed by atoms with Gasteiger partial charge in [0.2, 0.25) is 0 Å². The zero-order chi connectivity index (χ0) is 9.19. The lowest BCUT2D eigenvalue weighted by atomic mass is 9.87. The Bertz CT molecular complexity index is 150. The van der Waals surface area contributed by atoms with Crippen molar-refractivity contribution in [3.63, 3.8) is 0 Å². The number of nitrogens with one attached hydrogen (secondary N) is 2. The minimum Gasteiger partial charge on any atom is -0.315 e. The monoisotopic (exact) mass is 178 g/mol. The second-order valence-electron chi connectivity index (χ2n) is 3.31. The summed E-state index contributed by atoms with van der Waals surface area (Å²) in [6.07, 6.45) is 1.45. The van der Waals surface area contributed by atoms with Crippen molar-refractivity contribution in [3.8, 4) is 0 Å². The molecule has 2 atom stereocenters. The molecule has 1 saturated carbocycles. The van der Waals surface area contributed by atoms with Crippen LogP contribution < -0.4 is 10.6 Å². The Morgan fingerprint density at radius 2 is 1.92 bits per heavy atom. The van der Waals surface area contributed by atoms with Crippen molar-refractivity contribution in [1.82, 2.24) is 10.6 Å². The van der Waals surface area contributed by atoms with E-state index in [1.165, 1.54) is 0 Å². The summed E-state index contributed by atoms with van der Waals surface area (Å²) >= 11 is 0. The van der Waals surface area contributed by atoms with Crippen LogP contribution in [-0.4, -0.2) is 32.1 Å². The van der Waals surface area contributed by atoms with E-state index in [0.29, 0.717) is 6.42 Å². The molecule has 12 heavy (non-hydrogen) atoms. The van der Waals surface area contributed by atoms with Gasteiger partial charge in [-0.2, -0.15) is 0 Å². The highest BCUT2D eigenvalue weighted by Gasteiger charge is 2.45. The molecule has 0 amide bonds. The van der Waals surface area contributed by atoms with Crippen molar-refractivity contribution in [2.45, 2.75) is 37.3 Å². The third-order valence-corrected chi connectivity index (χ3v) is 2.56. The first kappa shape index (κ1) is 9.86. The van der Waals surface area contributed by atoms with Gasteiger partial charge in [0.15, 0.2) is 0 Å². The van der Waals surface area contributed by atoms with Crippen LogP contribution in [0.4, 0.5) is 8.78 Å². The third-order valence-electron chi connectivity index (χ3n) is 2.56. The number of halogens is 2. The number of hydrogen-bond donors (Lipinski definition) is 2. The SMILES string of the molecule is CNC1CCCC(F)(F)C1NC. The first-order valence-corrected chi connectivity index (χ1v) is 4.34. The molecular formula is C8H16F2N2. The van der Waals surface area contributed by atoms with Gasteiger partial charge >= 0.3 is 0 Å². The van der Waals surface area contributed by atoms with Crippen LogP contribution in [0.5, 0.6) is 0 Å². The second-order valence-corrected chi connectivity index (χ2v) is 3.31. The van der Waals surface area contributed by atoms with Gasteiger partial charge in [0.25, 0.3) is 5.92 Å². The largest absolute Gasteiger partial charge is 0.315 e. The van der Waals surface area contributed by atoms with Crippen LogP contribution in [0.15, 0.2) is 0 Å². The summed E-state index contributed by atoms with van der Waals surface area (Å²) in [5.74, 6) is -2.55. The molecule has 72 valence electrons. The van der Waals surface area contributed by atoms with Crippen LogP contribution >= 0.6 is 0 Å². The van der Waals surface area contributed by atoms with Gasteiger partial charge in [-0.25, -0.2) is 8.78 Å². The van der Waals surface area contributed by atoms with E-state index in [4.69, 9.17) is 0 Å².